The molecule has 0 fully saturated rings. The Bertz CT molecular complexity index is 383. The number of nitrogen functional groups attached to an aromatic ring is 1. The van der Waals surface area contributed by atoms with Gasteiger partial charge in [0.1, 0.15) is 5.84 Å². The maximum Gasteiger partial charge on any atom is 0.122 e. The summed E-state index contributed by atoms with van der Waals surface area (Å²) in [4.78, 5) is 2.22. The highest BCUT2D eigenvalue weighted by molar-refractivity contribution is 5.95. The molecule has 0 spiro atoms. The maximum atomic E-state index is 7.41. The van der Waals surface area contributed by atoms with E-state index in [1.165, 1.54) is 0 Å². The quantitative estimate of drug-likeness (QED) is 0.389. The van der Waals surface area contributed by atoms with E-state index in [0.717, 1.165) is 37.6 Å². The Hall–Kier alpha value is -1.59. The predicted molar refractivity (Wildman–Crippen MR) is 82.7 cm³/mol. The van der Waals surface area contributed by atoms with E-state index in [9.17, 15) is 0 Å². The molecule has 0 aliphatic carbocycles. The second-order valence-corrected chi connectivity index (χ2v) is 4.34. The summed E-state index contributed by atoms with van der Waals surface area (Å²) >= 11 is 0. The molecule has 3 N–H and O–H groups in total. The fourth-order valence-electron chi connectivity index (χ4n) is 1.86. The molecule has 0 aromatic heterocycles. The van der Waals surface area contributed by atoms with Crippen molar-refractivity contribution in [2.75, 3.05) is 44.4 Å². The van der Waals surface area contributed by atoms with Crippen LogP contribution in [0.15, 0.2) is 24.3 Å². The normalized spacial score (nSPS) is 10.5. The van der Waals surface area contributed by atoms with Gasteiger partial charge in [-0.2, -0.15) is 0 Å². The van der Waals surface area contributed by atoms with E-state index in [0.29, 0.717) is 13.2 Å². The fourth-order valence-corrected chi connectivity index (χ4v) is 1.86. The molecule has 112 valence electrons. The van der Waals surface area contributed by atoms with Crippen LogP contribution in [0.1, 0.15) is 19.4 Å². The molecular formula is C15H25N3O2. The van der Waals surface area contributed by atoms with Crippen LogP contribution in [0.4, 0.5) is 5.69 Å². The Kier molecular flexibility index (Phi) is 7.69. The molecule has 1 rings (SSSR count). The summed E-state index contributed by atoms with van der Waals surface area (Å²) in [6, 6.07) is 7.70. The third-order valence-electron chi connectivity index (χ3n) is 2.96. The van der Waals surface area contributed by atoms with Gasteiger partial charge in [-0.25, -0.2) is 0 Å². The molecule has 0 heterocycles. The van der Waals surface area contributed by atoms with E-state index in [-0.39, 0.29) is 5.84 Å². The standard InChI is InChI=1S/C15H25N3O2/c1-3-19-11-9-18(10-12-20-4-2)14-7-5-13(6-8-14)15(16)17/h5-8H,3-4,9-12H2,1-2H3,(H3,16,17). The summed E-state index contributed by atoms with van der Waals surface area (Å²) in [6.45, 7) is 8.46. The molecule has 1 aromatic rings. The van der Waals surface area contributed by atoms with E-state index >= 15 is 0 Å². The Morgan fingerprint density at radius 1 is 1.05 bits per heavy atom. The summed E-state index contributed by atoms with van der Waals surface area (Å²) in [6.07, 6.45) is 0. The lowest BCUT2D eigenvalue weighted by Gasteiger charge is -2.24. The zero-order valence-corrected chi connectivity index (χ0v) is 12.4. The lowest BCUT2D eigenvalue weighted by atomic mass is 10.2. The summed E-state index contributed by atoms with van der Waals surface area (Å²) in [5.74, 6) is 0.0896. The van der Waals surface area contributed by atoms with Crippen molar-refractivity contribution < 1.29 is 9.47 Å². The molecule has 5 heteroatoms. The number of nitrogens with one attached hydrogen (secondary N) is 1. The highest BCUT2D eigenvalue weighted by atomic mass is 16.5. The number of ether oxygens (including phenoxy) is 2. The van der Waals surface area contributed by atoms with Gasteiger partial charge in [-0.05, 0) is 38.1 Å². The van der Waals surface area contributed by atoms with Crippen LogP contribution < -0.4 is 10.6 Å². The smallest absolute Gasteiger partial charge is 0.122 e. The second kappa shape index (κ2) is 9.34. The summed E-state index contributed by atoms with van der Waals surface area (Å²) in [5.41, 5.74) is 7.30. The number of anilines is 1. The van der Waals surface area contributed by atoms with Crippen LogP contribution in [-0.4, -0.2) is 45.4 Å². The van der Waals surface area contributed by atoms with Crippen molar-refractivity contribution >= 4 is 11.5 Å². The van der Waals surface area contributed by atoms with Gasteiger partial charge in [0, 0.05) is 37.6 Å². The van der Waals surface area contributed by atoms with Crippen molar-refractivity contribution in [3.63, 3.8) is 0 Å². The van der Waals surface area contributed by atoms with Gasteiger partial charge in [0.15, 0.2) is 0 Å². The SMILES string of the molecule is CCOCCN(CCOCC)c1ccc(C(=N)N)cc1. The van der Waals surface area contributed by atoms with Crippen molar-refractivity contribution in [1.29, 1.82) is 5.41 Å². The summed E-state index contributed by atoms with van der Waals surface area (Å²) < 4.78 is 10.8. The molecule has 0 aliphatic heterocycles. The number of nitrogens with two attached hydrogens (primary N) is 1. The van der Waals surface area contributed by atoms with Gasteiger partial charge in [-0.3, -0.25) is 5.41 Å². The first-order valence-electron chi connectivity index (χ1n) is 7.04. The van der Waals surface area contributed by atoms with Crippen LogP contribution in [0, 0.1) is 5.41 Å². The molecule has 0 unspecified atom stereocenters. The molecule has 0 amide bonds. The minimum absolute atomic E-state index is 0.0896. The molecule has 20 heavy (non-hydrogen) atoms. The lowest BCUT2D eigenvalue weighted by Crippen LogP contribution is -2.31. The molecule has 0 bridgehead atoms. The monoisotopic (exact) mass is 279 g/mol. The number of amidine groups is 1. The fraction of sp³-hybridized carbons (Fsp3) is 0.533. The highest BCUT2D eigenvalue weighted by Gasteiger charge is 2.07. The van der Waals surface area contributed by atoms with Crippen LogP contribution in [-0.2, 0) is 9.47 Å². The molecule has 0 aliphatic rings. The largest absolute Gasteiger partial charge is 0.384 e. The van der Waals surface area contributed by atoms with Gasteiger partial charge >= 0.3 is 0 Å². The first-order chi connectivity index (χ1) is 9.69. The predicted octanol–water partition coefficient (Wildman–Crippen LogP) is 1.85. The van der Waals surface area contributed by atoms with E-state index in [4.69, 9.17) is 20.6 Å². The lowest BCUT2D eigenvalue weighted by molar-refractivity contribution is 0.141. The third-order valence-corrected chi connectivity index (χ3v) is 2.96. The molecule has 5 nitrogen and oxygen atoms in total. The number of nitrogens with zero attached hydrogens (tertiary/aromatic N) is 1. The van der Waals surface area contributed by atoms with Crippen molar-refractivity contribution in [3.05, 3.63) is 29.8 Å². The van der Waals surface area contributed by atoms with E-state index in [2.05, 4.69) is 4.90 Å². The highest BCUT2D eigenvalue weighted by Crippen LogP contribution is 2.15. The summed E-state index contributed by atoms with van der Waals surface area (Å²) in [5, 5.41) is 7.41. The maximum absolute atomic E-state index is 7.41. The van der Waals surface area contributed by atoms with Crippen LogP contribution in [0.5, 0.6) is 0 Å². The zero-order valence-electron chi connectivity index (χ0n) is 12.4. The first-order valence-corrected chi connectivity index (χ1v) is 7.04. The Morgan fingerprint density at radius 2 is 1.55 bits per heavy atom. The van der Waals surface area contributed by atoms with Crippen LogP contribution >= 0.6 is 0 Å². The number of hydrogen-bond donors (Lipinski definition) is 2. The van der Waals surface area contributed by atoms with Crippen molar-refractivity contribution in [3.8, 4) is 0 Å². The van der Waals surface area contributed by atoms with Gasteiger partial charge in [0.05, 0.1) is 13.2 Å². The van der Waals surface area contributed by atoms with Crippen LogP contribution in [0.2, 0.25) is 0 Å². The molecule has 0 atom stereocenters. The van der Waals surface area contributed by atoms with Crippen molar-refractivity contribution in [2.45, 2.75) is 13.8 Å². The summed E-state index contributed by atoms with van der Waals surface area (Å²) in [7, 11) is 0. The van der Waals surface area contributed by atoms with E-state index in [1.807, 2.05) is 38.1 Å². The van der Waals surface area contributed by atoms with Gasteiger partial charge < -0.3 is 20.1 Å². The van der Waals surface area contributed by atoms with Gasteiger partial charge in [-0.1, -0.05) is 0 Å². The molecule has 0 saturated heterocycles. The Labute approximate surface area is 121 Å². The average Bonchev–Trinajstić information content (AvgIpc) is 2.46. The number of benzene rings is 1. The zero-order chi connectivity index (χ0) is 14.8. The van der Waals surface area contributed by atoms with E-state index < -0.39 is 0 Å². The number of hydrogen-bond acceptors (Lipinski definition) is 4. The Balaban J connectivity index is 2.66. The minimum Gasteiger partial charge on any atom is -0.384 e. The third kappa shape index (κ3) is 5.59. The van der Waals surface area contributed by atoms with Crippen molar-refractivity contribution in [2.24, 2.45) is 5.73 Å². The van der Waals surface area contributed by atoms with Crippen LogP contribution in [0.25, 0.3) is 0 Å². The van der Waals surface area contributed by atoms with Crippen LogP contribution in [0.3, 0.4) is 0 Å². The van der Waals surface area contributed by atoms with E-state index in [1.54, 1.807) is 0 Å². The topological polar surface area (TPSA) is 71.6 Å². The Morgan fingerprint density at radius 3 is 1.95 bits per heavy atom. The second-order valence-electron chi connectivity index (χ2n) is 4.34. The van der Waals surface area contributed by atoms with Crippen molar-refractivity contribution in [1.82, 2.24) is 0 Å². The average molecular weight is 279 g/mol. The molecule has 0 saturated carbocycles. The molecular weight excluding hydrogens is 254 g/mol. The molecule has 1 aromatic carbocycles. The number of rotatable bonds is 10. The minimum atomic E-state index is 0.0896. The van der Waals surface area contributed by atoms with Gasteiger partial charge in [0.2, 0.25) is 0 Å². The first kappa shape index (κ1) is 16.5. The van der Waals surface area contributed by atoms with Gasteiger partial charge in [0.25, 0.3) is 0 Å². The molecule has 0 radical (unpaired) electrons. The van der Waals surface area contributed by atoms with Gasteiger partial charge in [-0.15, -0.1) is 0 Å².